The van der Waals surface area contributed by atoms with Crippen LogP contribution in [0, 0.1) is 0 Å². The molecule has 0 aliphatic carbocycles. The molecule has 2 N–H and O–H groups in total. The zero-order valence-electron chi connectivity index (χ0n) is 12.0. The molecule has 2 atom stereocenters. The molecule has 3 rings (SSSR count). The summed E-state index contributed by atoms with van der Waals surface area (Å²) < 4.78 is 0. The fraction of sp³-hybridized carbons (Fsp3) is 0.400. The molecule has 1 saturated heterocycles. The third-order valence-corrected chi connectivity index (χ3v) is 5.13. The minimum atomic E-state index is -0.971. The summed E-state index contributed by atoms with van der Waals surface area (Å²) in [5, 5.41) is 11.8. The molecule has 2 aliphatic heterocycles. The van der Waals surface area contributed by atoms with Gasteiger partial charge in [0.25, 0.3) is 5.91 Å². The molecule has 1 fully saturated rings. The second kappa shape index (κ2) is 5.64. The Balaban J connectivity index is 1.87. The van der Waals surface area contributed by atoms with Gasteiger partial charge in [-0.05, 0) is 38.0 Å². The van der Waals surface area contributed by atoms with Crippen LogP contribution in [-0.4, -0.2) is 45.6 Å². The third kappa shape index (κ3) is 2.56. The van der Waals surface area contributed by atoms with Crippen molar-refractivity contribution < 1.29 is 19.5 Å². The van der Waals surface area contributed by atoms with E-state index in [-0.39, 0.29) is 17.1 Å². The minimum absolute atomic E-state index is 0.0910. The van der Waals surface area contributed by atoms with Gasteiger partial charge in [0, 0.05) is 17.0 Å². The van der Waals surface area contributed by atoms with Crippen molar-refractivity contribution >= 4 is 35.2 Å². The van der Waals surface area contributed by atoms with Crippen molar-refractivity contribution in [1.82, 2.24) is 4.90 Å². The molecule has 6 nitrogen and oxygen atoms in total. The Morgan fingerprint density at radius 3 is 2.91 bits per heavy atom. The summed E-state index contributed by atoms with van der Waals surface area (Å²) in [7, 11) is 0. The minimum Gasteiger partial charge on any atom is -0.480 e. The number of carbonyl (C=O) groups is 3. The molecular formula is C15H16N2O4S. The van der Waals surface area contributed by atoms with Gasteiger partial charge < -0.3 is 15.3 Å². The van der Waals surface area contributed by atoms with Gasteiger partial charge in [0.05, 0.1) is 10.9 Å². The number of rotatable bonds is 2. The highest BCUT2D eigenvalue weighted by Crippen LogP contribution is 2.36. The van der Waals surface area contributed by atoms with Crippen LogP contribution in [0.3, 0.4) is 0 Å². The molecule has 2 heterocycles. The number of fused-ring (bicyclic) bond motifs is 1. The van der Waals surface area contributed by atoms with Crippen molar-refractivity contribution in [2.45, 2.75) is 36.0 Å². The Morgan fingerprint density at radius 1 is 1.41 bits per heavy atom. The molecule has 0 radical (unpaired) electrons. The lowest BCUT2D eigenvalue weighted by Crippen LogP contribution is -2.40. The van der Waals surface area contributed by atoms with E-state index < -0.39 is 12.0 Å². The van der Waals surface area contributed by atoms with E-state index in [9.17, 15) is 19.5 Å². The summed E-state index contributed by atoms with van der Waals surface area (Å²) in [6, 6.07) is 4.36. The van der Waals surface area contributed by atoms with Crippen molar-refractivity contribution in [3.63, 3.8) is 0 Å². The van der Waals surface area contributed by atoms with E-state index in [1.807, 2.05) is 6.92 Å². The molecule has 0 bridgehead atoms. The number of nitrogens with zero attached hydrogens (tertiary/aromatic N) is 1. The lowest BCUT2D eigenvalue weighted by atomic mass is 10.1. The second-order valence-electron chi connectivity index (χ2n) is 5.46. The highest BCUT2D eigenvalue weighted by molar-refractivity contribution is 8.00. The van der Waals surface area contributed by atoms with Gasteiger partial charge in [0.15, 0.2) is 0 Å². The lowest BCUT2D eigenvalue weighted by molar-refractivity contribution is -0.141. The van der Waals surface area contributed by atoms with Crippen LogP contribution in [0.25, 0.3) is 0 Å². The van der Waals surface area contributed by atoms with Crippen LogP contribution in [0.5, 0.6) is 0 Å². The Hall–Kier alpha value is -2.02. The summed E-state index contributed by atoms with van der Waals surface area (Å²) >= 11 is 1.45. The van der Waals surface area contributed by atoms with Crippen LogP contribution in [-0.2, 0) is 9.59 Å². The number of carboxylic acid groups (broad SMARTS) is 1. The second-order valence-corrected chi connectivity index (χ2v) is 6.84. The van der Waals surface area contributed by atoms with E-state index in [4.69, 9.17) is 0 Å². The van der Waals surface area contributed by atoms with Crippen LogP contribution in [0.1, 0.15) is 30.1 Å². The van der Waals surface area contributed by atoms with Gasteiger partial charge in [-0.3, -0.25) is 9.59 Å². The summed E-state index contributed by atoms with van der Waals surface area (Å²) in [5.74, 6) is -1.36. The van der Waals surface area contributed by atoms with Crippen molar-refractivity contribution in [3.8, 4) is 0 Å². The van der Waals surface area contributed by atoms with Crippen molar-refractivity contribution in [1.29, 1.82) is 0 Å². The molecule has 1 aromatic rings. The van der Waals surface area contributed by atoms with Crippen molar-refractivity contribution in [2.24, 2.45) is 0 Å². The molecular weight excluding hydrogens is 304 g/mol. The molecule has 22 heavy (non-hydrogen) atoms. The van der Waals surface area contributed by atoms with Crippen molar-refractivity contribution in [2.75, 3.05) is 11.9 Å². The third-order valence-electron chi connectivity index (χ3n) is 3.96. The smallest absolute Gasteiger partial charge is 0.326 e. The summed E-state index contributed by atoms with van der Waals surface area (Å²) in [4.78, 5) is 37.8. The number of carboxylic acids is 1. The number of anilines is 1. The van der Waals surface area contributed by atoms with Gasteiger partial charge in [-0.1, -0.05) is 0 Å². The largest absolute Gasteiger partial charge is 0.480 e. The Kier molecular flexibility index (Phi) is 3.82. The van der Waals surface area contributed by atoms with Gasteiger partial charge in [-0.25, -0.2) is 4.79 Å². The number of carbonyl (C=O) groups excluding carboxylic acids is 2. The normalized spacial score (nSPS) is 23.9. The quantitative estimate of drug-likeness (QED) is 0.868. The molecule has 2 aliphatic rings. The Morgan fingerprint density at radius 2 is 2.18 bits per heavy atom. The number of thioether (sulfide) groups is 1. The van der Waals surface area contributed by atoms with Gasteiger partial charge in [-0.2, -0.15) is 0 Å². The molecule has 2 amide bonds. The summed E-state index contributed by atoms with van der Waals surface area (Å²) in [5.41, 5.74) is 1.02. The number of likely N-dealkylation sites (tertiary alicyclic amines) is 1. The van der Waals surface area contributed by atoms with Gasteiger partial charge in [-0.15, -0.1) is 11.8 Å². The first kappa shape index (κ1) is 14.9. The summed E-state index contributed by atoms with van der Waals surface area (Å²) in [6.07, 6.45) is 1.17. The lowest BCUT2D eigenvalue weighted by Gasteiger charge is -2.24. The Labute approximate surface area is 131 Å². The van der Waals surface area contributed by atoms with E-state index in [2.05, 4.69) is 5.32 Å². The monoisotopic (exact) mass is 320 g/mol. The molecule has 2 unspecified atom stereocenters. The van der Waals surface area contributed by atoms with Crippen molar-refractivity contribution in [3.05, 3.63) is 23.8 Å². The number of nitrogens with one attached hydrogen (secondary N) is 1. The molecule has 7 heteroatoms. The van der Waals surface area contributed by atoms with E-state index in [1.54, 1.807) is 18.2 Å². The maximum Gasteiger partial charge on any atom is 0.326 e. The maximum absolute atomic E-state index is 12.5. The van der Waals surface area contributed by atoms with Gasteiger partial charge >= 0.3 is 5.97 Å². The van der Waals surface area contributed by atoms with Crippen LogP contribution in [0.15, 0.2) is 23.1 Å². The first-order valence-electron chi connectivity index (χ1n) is 7.12. The number of amides is 2. The zero-order valence-corrected chi connectivity index (χ0v) is 12.9. The fourth-order valence-corrected chi connectivity index (χ4v) is 3.70. The van der Waals surface area contributed by atoms with E-state index in [0.717, 1.165) is 4.90 Å². The average molecular weight is 320 g/mol. The van der Waals surface area contributed by atoms with Crippen LogP contribution < -0.4 is 5.32 Å². The molecule has 0 saturated carbocycles. The Bertz CT molecular complexity index is 661. The zero-order chi connectivity index (χ0) is 15.9. The topological polar surface area (TPSA) is 86.7 Å². The first-order chi connectivity index (χ1) is 10.5. The van der Waals surface area contributed by atoms with E-state index >= 15 is 0 Å². The highest BCUT2D eigenvalue weighted by atomic mass is 32.2. The number of hydrogen-bond donors (Lipinski definition) is 2. The standard InChI is InChI=1S/C15H16N2O4S/c1-8-13(18)16-10-7-9(4-5-12(10)22-8)14(19)17-6-2-3-11(17)15(20)21/h4-5,7-8,11H,2-3,6H2,1H3,(H,16,18)(H,20,21). The molecule has 0 spiro atoms. The number of hydrogen-bond acceptors (Lipinski definition) is 4. The van der Waals surface area contributed by atoms with Crippen LogP contribution >= 0.6 is 11.8 Å². The molecule has 1 aromatic carbocycles. The van der Waals surface area contributed by atoms with E-state index in [0.29, 0.717) is 30.6 Å². The van der Waals surface area contributed by atoms with Crippen LogP contribution in [0.4, 0.5) is 5.69 Å². The predicted molar refractivity (Wildman–Crippen MR) is 82.1 cm³/mol. The van der Waals surface area contributed by atoms with E-state index in [1.165, 1.54) is 16.7 Å². The first-order valence-corrected chi connectivity index (χ1v) is 8.00. The number of benzene rings is 1. The molecule has 116 valence electrons. The fourth-order valence-electron chi connectivity index (χ4n) is 2.77. The van der Waals surface area contributed by atoms with Crippen LogP contribution in [0.2, 0.25) is 0 Å². The predicted octanol–water partition coefficient (Wildman–Crippen LogP) is 1.81. The SMILES string of the molecule is CC1Sc2ccc(C(=O)N3CCCC3C(=O)O)cc2NC1=O. The molecule has 0 aromatic heterocycles. The average Bonchev–Trinajstić information content (AvgIpc) is 2.97. The van der Waals surface area contributed by atoms with Gasteiger partial charge in [0.2, 0.25) is 5.91 Å². The highest BCUT2D eigenvalue weighted by Gasteiger charge is 2.35. The van der Waals surface area contributed by atoms with Gasteiger partial charge in [0.1, 0.15) is 6.04 Å². The number of aliphatic carboxylic acids is 1. The summed E-state index contributed by atoms with van der Waals surface area (Å²) in [6.45, 7) is 2.27. The maximum atomic E-state index is 12.5.